The van der Waals surface area contributed by atoms with Gasteiger partial charge in [-0.05, 0) is 30.7 Å². The summed E-state index contributed by atoms with van der Waals surface area (Å²) in [6.07, 6.45) is 2.73. The first-order chi connectivity index (χ1) is 14.3. The number of amides is 1. The summed E-state index contributed by atoms with van der Waals surface area (Å²) in [6.45, 7) is 1.92. The van der Waals surface area contributed by atoms with E-state index < -0.39 is 23.6 Å². The summed E-state index contributed by atoms with van der Waals surface area (Å²) in [5, 5.41) is 0.244. The van der Waals surface area contributed by atoms with Crippen molar-refractivity contribution in [1.82, 2.24) is 0 Å². The number of carbonyl (C=O) groups is 2. The largest absolute Gasteiger partial charge is 0.319 e. The van der Waals surface area contributed by atoms with Crippen molar-refractivity contribution in [3.63, 3.8) is 0 Å². The minimum atomic E-state index is -0.829. The van der Waals surface area contributed by atoms with Crippen molar-refractivity contribution in [2.45, 2.75) is 50.1 Å². The molecule has 0 aliphatic carbocycles. The van der Waals surface area contributed by atoms with Crippen LogP contribution >= 0.6 is 35.8 Å². The van der Waals surface area contributed by atoms with E-state index in [1.54, 1.807) is 0 Å². The third-order valence-electron chi connectivity index (χ3n) is 4.99. The number of rotatable bonds is 7. The Labute approximate surface area is 195 Å². The summed E-state index contributed by atoms with van der Waals surface area (Å²) in [5.74, 6) is -1.64. The van der Waals surface area contributed by atoms with Crippen molar-refractivity contribution in [3.8, 4) is 0 Å². The van der Waals surface area contributed by atoms with Crippen LogP contribution in [-0.4, -0.2) is 23.5 Å². The van der Waals surface area contributed by atoms with Gasteiger partial charge in [0.2, 0.25) is 5.91 Å². The van der Waals surface area contributed by atoms with Gasteiger partial charge >= 0.3 is 0 Å². The normalized spacial score (nSPS) is 15.8. The van der Waals surface area contributed by atoms with Crippen LogP contribution in [0.1, 0.15) is 48.5 Å². The van der Waals surface area contributed by atoms with Crippen molar-refractivity contribution in [2.24, 2.45) is 5.73 Å². The zero-order valence-corrected chi connectivity index (χ0v) is 19.4. The molecule has 2 N–H and O–H groups in total. The predicted octanol–water partition coefficient (Wildman–Crippen LogP) is 5.77. The summed E-state index contributed by atoms with van der Waals surface area (Å²) < 4.78 is 29.1. The van der Waals surface area contributed by atoms with Gasteiger partial charge in [0, 0.05) is 27.7 Å². The predicted molar refractivity (Wildman–Crippen MR) is 123 cm³/mol. The highest BCUT2D eigenvalue weighted by Crippen LogP contribution is 2.37. The number of fused-ring (bicyclic) bond motifs is 1. The third kappa shape index (κ3) is 5.98. The van der Waals surface area contributed by atoms with Gasteiger partial charge in [0.15, 0.2) is 5.78 Å². The number of halogens is 4. The maximum atomic E-state index is 14.7. The van der Waals surface area contributed by atoms with Gasteiger partial charge in [0.25, 0.3) is 0 Å². The molecule has 0 saturated carbocycles. The average molecular weight is 489 g/mol. The van der Waals surface area contributed by atoms with Gasteiger partial charge in [-0.15, -0.1) is 24.2 Å². The second kappa shape index (κ2) is 11.3. The third-order valence-corrected chi connectivity index (χ3v) is 6.39. The van der Waals surface area contributed by atoms with Gasteiger partial charge in [-0.25, -0.2) is 8.78 Å². The summed E-state index contributed by atoms with van der Waals surface area (Å²) in [5.41, 5.74) is 6.55. The molecule has 2 aromatic carbocycles. The highest BCUT2D eigenvalue weighted by atomic mass is 35.5. The second-order valence-corrected chi connectivity index (χ2v) is 8.76. The quantitative estimate of drug-likeness (QED) is 0.396. The molecule has 1 heterocycles. The number of benzene rings is 2. The van der Waals surface area contributed by atoms with Crippen LogP contribution < -0.4 is 10.6 Å². The molecule has 31 heavy (non-hydrogen) atoms. The minimum absolute atomic E-state index is 0. The first kappa shape index (κ1) is 25.6. The number of Topliss-reactive ketones (excluding diaryl/α,β-unsaturated/α-hetero) is 1. The molecule has 4 nitrogen and oxygen atoms in total. The molecule has 0 saturated heterocycles. The Hall–Kier alpha value is -1.67. The molecule has 0 radical (unpaired) electrons. The van der Waals surface area contributed by atoms with E-state index in [4.69, 9.17) is 17.3 Å². The highest BCUT2D eigenvalue weighted by Gasteiger charge is 2.31. The van der Waals surface area contributed by atoms with Gasteiger partial charge in [0.1, 0.15) is 11.6 Å². The van der Waals surface area contributed by atoms with Gasteiger partial charge in [-0.2, -0.15) is 0 Å². The number of carbonyl (C=O) groups excluding carboxylic acids is 2. The fourth-order valence-electron chi connectivity index (χ4n) is 3.31. The monoisotopic (exact) mass is 488 g/mol. The fourth-order valence-corrected chi connectivity index (χ4v) is 4.47. The first-order valence-corrected chi connectivity index (χ1v) is 11.2. The minimum Gasteiger partial charge on any atom is -0.319 e. The Bertz CT molecular complexity index is 975. The lowest BCUT2D eigenvalue weighted by Crippen LogP contribution is -2.44. The molecule has 1 amide bonds. The Kier molecular flexibility index (Phi) is 9.30. The molecule has 0 bridgehead atoms. The van der Waals surface area contributed by atoms with E-state index in [1.807, 2.05) is 6.92 Å². The van der Waals surface area contributed by atoms with Crippen LogP contribution in [0.3, 0.4) is 0 Å². The van der Waals surface area contributed by atoms with Crippen LogP contribution in [0.4, 0.5) is 14.5 Å². The number of unbranched alkanes of at least 4 members (excludes halogenated alkanes) is 2. The molecule has 1 atom stereocenters. The molecule has 1 aliphatic heterocycles. The molecule has 0 unspecified atom stereocenters. The molecule has 168 valence electrons. The van der Waals surface area contributed by atoms with Crippen LogP contribution in [0, 0.1) is 11.6 Å². The van der Waals surface area contributed by atoms with Crippen molar-refractivity contribution in [1.29, 1.82) is 0 Å². The zero-order chi connectivity index (χ0) is 21.8. The van der Waals surface area contributed by atoms with Crippen molar-refractivity contribution < 1.29 is 18.4 Å². The number of ketones is 1. The summed E-state index contributed by atoms with van der Waals surface area (Å²) in [6, 6.07) is 6.03. The Morgan fingerprint density at radius 3 is 2.65 bits per heavy atom. The maximum absolute atomic E-state index is 14.7. The zero-order valence-electron chi connectivity index (χ0n) is 17.0. The lowest BCUT2D eigenvalue weighted by atomic mass is 10.0. The van der Waals surface area contributed by atoms with E-state index in [2.05, 4.69) is 0 Å². The van der Waals surface area contributed by atoms with Crippen molar-refractivity contribution >= 4 is 53.1 Å². The van der Waals surface area contributed by atoms with Crippen molar-refractivity contribution in [3.05, 3.63) is 58.1 Å². The molecule has 0 fully saturated rings. The lowest BCUT2D eigenvalue weighted by molar-refractivity contribution is -0.119. The van der Waals surface area contributed by atoms with E-state index in [1.165, 1.54) is 47.0 Å². The Morgan fingerprint density at radius 1 is 1.23 bits per heavy atom. The Morgan fingerprint density at radius 2 is 1.97 bits per heavy atom. The van der Waals surface area contributed by atoms with Crippen LogP contribution in [0.2, 0.25) is 5.02 Å². The van der Waals surface area contributed by atoms with E-state index in [0.717, 1.165) is 12.8 Å². The lowest BCUT2D eigenvalue weighted by Gasteiger charge is -2.25. The van der Waals surface area contributed by atoms with Crippen LogP contribution in [-0.2, 0) is 11.3 Å². The summed E-state index contributed by atoms with van der Waals surface area (Å²) in [7, 11) is 0. The molecule has 1 aliphatic rings. The van der Waals surface area contributed by atoms with Gasteiger partial charge in [-0.3, -0.25) is 9.59 Å². The van der Waals surface area contributed by atoms with E-state index in [0.29, 0.717) is 17.0 Å². The molecular weight excluding hydrogens is 465 g/mol. The van der Waals surface area contributed by atoms with Crippen LogP contribution in [0.15, 0.2) is 35.2 Å². The van der Waals surface area contributed by atoms with E-state index in [9.17, 15) is 18.4 Å². The highest BCUT2D eigenvalue weighted by molar-refractivity contribution is 7.99. The second-order valence-electron chi connectivity index (χ2n) is 7.26. The van der Waals surface area contributed by atoms with Gasteiger partial charge in [0.05, 0.1) is 23.8 Å². The van der Waals surface area contributed by atoms with Gasteiger partial charge in [-0.1, -0.05) is 37.4 Å². The van der Waals surface area contributed by atoms with Crippen LogP contribution in [0.25, 0.3) is 0 Å². The Balaban J connectivity index is 0.00000341. The molecular formula is C22H24Cl2F2N2O2S. The number of nitrogens with two attached hydrogens (primary N) is 1. The molecule has 3 rings (SSSR count). The SMILES string of the molecule is CCCCCC(=O)c1cc2c(cc1F)SC[C@H](N)C(=O)N2Cc1ccc(Cl)cc1F.Cl. The number of thioether (sulfide) groups is 1. The average Bonchev–Trinajstić information content (AvgIpc) is 2.81. The number of hydrogen-bond donors (Lipinski definition) is 1. The van der Waals surface area contributed by atoms with Crippen molar-refractivity contribution in [2.75, 3.05) is 10.7 Å². The molecule has 0 aromatic heterocycles. The fraction of sp³-hybridized carbons (Fsp3) is 0.364. The maximum Gasteiger partial charge on any atom is 0.245 e. The number of hydrogen-bond acceptors (Lipinski definition) is 4. The number of anilines is 1. The van der Waals surface area contributed by atoms with E-state index in [-0.39, 0.29) is 53.1 Å². The topological polar surface area (TPSA) is 63.4 Å². The van der Waals surface area contributed by atoms with Crippen LogP contribution in [0.5, 0.6) is 0 Å². The molecule has 2 aromatic rings. The van der Waals surface area contributed by atoms with Gasteiger partial charge < -0.3 is 10.6 Å². The standard InChI is InChI=1S/C22H23ClF2N2O2S.ClH/c1-2-3-4-5-20(28)15-9-19-21(10-17(15)25)30-12-18(26)22(29)27(19)11-13-6-7-14(23)8-16(13)24;/h6-10,18H,2-5,11-12,26H2,1H3;1H/t18-;/m0./s1. The molecule has 9 heteroatoms. The summed E-state index contributed by atoms with van der Waals surface area (Å²) >= 11 is 7.07. The smallest absolute Gasteiger partial charge is 0.245 e. The number of nitrogens with zero attached hydrogens (tertiary/aromatic N) is 1. The summed E-state index contributed by atoms with van der Waals surface area (Å²) in [4.78, 5) is 27.3. The molecule has 0 spiro atoms. The van der Waals surface area contributed by atoms with E-state index >= 15 is 0 Å². The first-order valence-electron chi connectivity index (χ1n) is 9.82.